The van der Waals surface area contributed by atoms with Crippen LogP contribution in [0, 0.1) is 13.8 Å². The Hall–Kier alpha value is 0.100. The van der Waals surface area contributed by atoms with E-state index in [4.69, 9.17) is 0 Å². The fourth-order valence-electron chi connectivity index (χ4n) is 3.26. The predicted octanol–water partition coefficient (Wildman–Crippen LogP) is 7.05. The van der Waals surface area contributed by atoms with Gasteiger partial charge in [-0.15, -0.1) is 0 Å². The SMILES string of the molecule is CCc1c(CC)c2c3c(c(C)c(C)c4c3c1SS4)SS2.[2HH]. The summed E-state index contributed by atoms with van der Waals surface area (Å²) < 4.78 is 0. The maximum atomic E-state index is 2.31. The van der Waals surface area contributed by atoms with Gasteiger partial charge in [0.05, 0.1) is 0 Å². The maximum Gasteiger partial charge on any atom is 0.0312 e. The summed E-state index contributed by atoms with van der Waals surface area (Å²) in [5.41, 5.74) is 6.21. The fraction of sp³-hybridized carbons (Fsp3) is 0.375. The van der Waals surface area contributed by atoms with Crippen LogP contribution >= 0.6 is 43.2 Å². The Balaban J connectivity index is 0.00000132. The van der Waals surface area contributed by atoms with Crippen LogP contribution in [-0.2, 0) is 12.8 Å². The normalized spacial score (nSPS) is 15.6. The molecule has 4 rings (SSSR count). The van der Waals surface area contributed by atoms with Gasteiger partial charge < -0.3 is 0 Å². The van der Waals surface area contributed by atoms with Crippen molar-refractivity contribution in [2.45, 2.75) is 60.1 Å². The summed E-state index contributed by atoms with van der Waals surface area (Å²) in [4.78, 5) is 6.19. The van der Waals surface area contributed by atoms with Crippen molar-refractivity contribution in [1.29, 1.82) is 0 Å². The van der Waals surface area contributed by atoms with Crippen LogP contribution in [0.2, 0.25) is 0 Å². The van der Waals surface area contributed by atoms with Crippen molar-refractivity contribution in [3.05, 3.63) is 22.3 Å². The maximum absolute atomic E-state index is 2.31. The van der Waals surface area contributed by atoms with E-state index in [1.54, 1.807) is 31.7 Å². The van der Waals surface area contributed by atoms with E-state index in [2.05, 4.69) is 27.7 Å². The van der Waals surface area contributed by atoms with Gasteiger partial charge in [-0.05, 0) is 48.9 Å². The molecule has 0 aromatic heterocycles. The van der Waals surface area contributed by atoms with Crippen LogP contribution in [0.4, 0.5) is 0 Å². The molecule has 2 heterocycles. The van der Waals surface area contributed by atoms with Crippen molar-refractivity contribution < 1.29 is 1.43 Å². The molecule has 0 N–H and O–H groups in total. The van der Waals surface area contributed by atoms with Crippen LogP contribution in [-0.4, -0.2) is 0 Å². The second kappa shape index (κ2) is 4.80. The summed E-state index contributed by atoms with van der Waals surface area (Å²) in [6, 6.07) is 0. The smallest absolute Gasteiger partial charge is 0.0312 e. The first-order chi connectivity index (χ1) is 9.69. The first-order valence-electron chi connectivity index (χ1n) is 7.02. The standard InChI is InChI=1S/C16H16S4.H2/c1-5-9-10(6-2)16-12-11-13(17-19-15(9)11)7(3)8(4)14(12)18-20-16;/h5-6H2,1-4H3;1H/i;1+1. The summed E-state index contributed by atoms with van der Waals surface area (Å²) >= 11 is 0. The molecule has 2 aliphatic heterocycles. The molecule has 4 heteroatoms. The van der Waals surface area contributed by atoms with Gasteiger partial charge in [-0.3, -0.25) is 0 Å². The number of benzene rings is 2. The molecule has 0 radical (unpaired) electrons. The molecule has 0 saturated carbocycles. The lowest BCUT2D eigenvalue weighted by Gasteiger charge is -2.16. The average molecular weight is 340 g/mol. The molecule has 2 aromatic carbocycles. The molecule has 0 fully saturated rings. The minimum atomic E-state index is 0. The molecule has 0 unspecified atom stereocenters. The number of hydrogen-bond donors (Lipinski definition) is 0. The Morgan fingerprint density at radius 2 is 1.00 bits per heavy atom. The third kappa shape index (κ3) is 1.57. The van der Waals surface area contributed by atoms with Crippen LogP contribution in [0.1, 0.15) is 37.5 Å². The molecule has 0 nitrogen and oxygen atoms in total. The van der Waals surface area contributed by atoms with E-state index in [9.17, 15) is 0 Å². The van der Waals surface area contributed by atoms with E-state index in [1.807, 2.05) is 43.2 Å². The van der Waals surface area contributed by atoms with Crippen molar-refractivity contribution in [3.8, 4) is 0 Å². The van der Waals surface area contributed by atoms with Gasteiger partial charge in [0, 0.05) is 31.8 Å². The molecule has 0 spiro atoms. The highest BCUT2D eigenvalue weighted by Crippen LogP contribution is 2.64. The van der Waals surface area contributed by atoms with Crippen molar-refractivity contribution in [1.82, 2.24) is 0 Å². The van der Waals surface area contributed by atoms with Gasteiger partial charge in [0.2, 0.25) is 0 Å². The van der Waals surface area contributed by atoms with E-state index in [-0.39, 0.29) is 1.43 Å². The molecular weight excluding hydrogens is 320 g/mol. The largest absolute Gasteiger partial charge is 0.0612 e. The van der Waals surface area contributed by atoms with Gasteiger partial charge in [0.1, 0.15) is 0 Å². The molecule has 0 bridgehead atoms. The van der Waals surface area contributed by atoms with Gasteiger partial charge >= 0.3 is 0 Å². The number of hydrogen-bond acceptors (Lipinski definition) is 4. The van der Waals surface area contributed by atoms with Crippen molar-refractivity contribution in [2.24, 2.45) is 0 Å². The Morgan fingerprint density at radius 3 is 1.35 bits per heavy atom. The zero-order chi connectivity index (χ0) is 14.0. The summed E-state index contributed by atoms with van der Waals surface area (Å²) in [5.74, 6) is 0. The molecule has 0 atom stereocenters. The minimum Gasteiger partial charge on any atom is -0.0612 e. The summed E-state index contributed by atoms with van der Waals surface area (Å²) in [6.45, 7) is 9.21. The molecule has 106 valence electrons. The van der Waals surface area contributed by atoms with Gasteiger partial charge in [-0.25, -0.2) is 0 Å². The monoisotopic (exact) mass is 339 g/mol. The molecule has 0 aliphatic carbocycles. The van der Waals surface area contributed by atoms with E-state index < -0.39 is 0 Å². The van der Waals surface area contributed by atoms with E-state index in [0.29, 0.717) is 0 Å². The highest BCUT2D eigenvalue weighted by molar-refractivity contribution is 8.77. The lowest BCUT2D eigenvalue weighted by atomic mass is 9.94. The minimum absolute atomic E-state index is 0. The van der Waals surface area contributed by atoms with Crippen LogP contribution in [0.25, 0.3) is 10.8 Å². The molecule has 2 aliphatic rings. The highest BCUT2D eigenvalue weighted by atomic mass is 33.1. The Labute approximate surface area is 137 Å². The predicted molar refractivity (Wildman–Crippen MR) is 97.7 cm³/mol. The van der Waals surface area contributed by atoms with E-state index in [0.717, 1.165) is 12.8 Å². The Morgan fingerprint density at radius 1 is 0.650 bits per heavy atom. The average Bonchev–Trinajstić information content (AvgIpc) is 3.06. The Bertz CT molecular complexity index is 703. The van der Waals surface area contributed by atoms with E-state index >= 15 is 0 Å². The quantitative estimate of drug-likeness (QED) is 0.537. The van der Waals surface area contributed by atoms with Crippen molar-refractivity contribution in [2.75, 3.05) is 0 Å². The van der Waals surface area contributed by atoms with Gasteiger partial charge in [0.15, 0.2) is 0 Å². The van der Waals surface area contributed by atoms with Gasteiger partial charge in [-0.2, -0.15) is 0 Å². The molecule has 0 saturated heterocycles. The van der Waals surface area contributed by atoms with Gasteiger partial charge in [0.25, 0.3) is 0 Å². The lowest BCUT2D eigenvalue weighted by Crippen LogP contribution is -1.98. The van der Waals surface area contributed by atoms with E-state index in [1.165, 1.54) is 20.9 Å². The van der Waals surface area contributed by atoms with Crippen LogP contribution in [0.5, 0.6) is 0 Å². The molecule has 2 aromatic rings. The highest BCUT2D eigenvalue weighted by Gasteiger charge is 2.32. The van der Waals surface area contributed by atoms with Crippen LogP contribution in [0.3, 0.4) is 0 Å². The Kier molecular flexibility index (Phi) is 3.30. The molecule has 20 heavy (non-hydrogen) atoms. The number of rotatable bonds is 2. The summed E-state index contributed by atoms with van der Waals surface area (Å²) in [6.07, 6.45) is 2.31. The third-order valence-corrected chi connectivity index (χ3v) is 9.69. The van der Waals surface area contributed by atoms with Crippen LogP contribution < -0.4 is 0 Å². The van der Waals surface area contributed by atoms with Gasteiger partial charge in [-0.1, -0.05) is 57.0 Å². The lowest BCUT2D eigenvalue weighted by molar-refractivity contribution is 0.975. The second-order valence-electron chi connectivity index (χ2n) is 5.31. The topological polar surface area (TPSA) is 0 Å². The summed E-state index contributed by atoms with van der Waals surface area (Å²) in [7, 11) is 7.95. The van der Waals surface area contributed by atoms with Crippen molar-refractivity contribution in [3.63, 3.8) is 0 Å². The zero-order valence-electron chi connectivity index (χ0n) is 12.0. The third-order valence-electron chi connectivity index (χ3n) is 4.44. The fourth-order valence-corrected chi connectivity index (χ4v) is 9.52. The molecule has 0 amide bonds. The summed E-state index contributed by atoms with van der Waals surface area (Å²) in [5, 5.41) is 3.14. The van der Waals surface area contributed by atoms with Crippen molar-refractivity contribution >= 4 is 53.9 Å². The zero-order valence-corrected chi connectivity index (χ0v) is 15.3. The van der Waals surface area contributed by atoms with Crippen LogP contribution in [0.15, 0.2) is 19.6 Å². The molecular formula is C16H18S4. The first-order valence-corrected chi connectivity index (χ1v) is 11.3. The second-order valence-corrected chi connectivity index (χ2v) is 9.61. The first kappa shape index (κ1) is 13.7.